The minimum absolute atomic E-state index is 0.0770. The van der Waals surface area contributed by atoms with Gasteiger partial charge in [-0.1, -0.05) is 23.2 Å². The quantitative estimate of drug-likeness (QED) is 0.794. The Balaban J connectivity index is 3.08. The third-order valence-electron chi connectivity index (χ3n) is 1.43. The Morgan fingerprint density at radius 2 is 1.92 bits per heavy atom. The van der Waals surface area contributed by atoms with E-state index in [2.05, 4.69) is 0 Å². The Bertz CT molecular complexity index is 412. The van der Waals surface area contributed by atoms with Crippen molar-refractivity contribution in [3.05, 3.63) is 33.8 Å². The molecule has 0 saturated heterocycles. The van der Waals surface area contributed by atoms with E-state index in [4.69, 9.17) is 23.2 Å². The zero-order valence-corrected chi connectivity index (χ0v) is 9.25. The van der Waals surface area contributed by atoms with Gasteiger partial charge in [-0.25, -0.2) is 8.42 Å². The summed E-state index contributed by atoms with van der Waals surface area (Å²) >= 11 is 11.5. The maximum absolute atomic E-state index is 11.0. The van der Waals surface area contributed by atoms with Crippen molar-refractivity contribution in [2.75, 3.05) is 6.26 Å². The van der Waals surface area contributed by atoms with Crippen LogP contribution in [0.15, 0.2) is 18.2 Å². The second kappa shape index (κ2) is 3.86. The minimum Gasteiger partial charge on any atom is -0.229 e. The average molecular weight is 239 g/mol. The lowest BCUT2D eigenvalue weighted by molar-refractivity contribution is 0.601. The first kappa shape index (κ1) is 10.8. The van der Waals surface area contributed by atoms with E-state index in [9.17, 15) is 8.42 Å². The SMILES string of the molecule is CS(=O)(=O)Cc1cc(Cl)ccc1Cl. The summed E-state index contributed by atoms with van der Waals surface area (Å²) in [6.45, 7) is 0. The van der Waals surface area contributed by atoms with Gasteiger partial charge < -0.3 is 0 Å². The summed E-state index contributed by atoms with van der Waals surface area (Å²) < 4.78 is 21.9. The van der Waals surface area contributed by atoms with Crippen molar-refractivity contribution in [2.45, 2.75) is 5.75 Å². The molecule has 1 rings (SSSR count). The Morgan fingerprint density at radius 3 is 2.46 bits per heavy atom. The average Bonchev–Trinajstić information content (AvgIpc) is 1.94. The number of sulfone groups is 1. The van der Waals surface area contributed by atoms with E-state index in [-0.39, 0.29) is 5.75 Å². The fraction of sp³-hybridized carbons (Fsp3) is 0.250. The van der Waals surface area contributed by atoms with E-state index in [0.717, 1.165) is 6.26 Å². The van der Waals surface area contributed by atoms with Crippen molar-refractivity contribution in [3.63, 3.8) is 0 Å². The molecule has 0 aliphatic rings. The van der Waals surface area contributed by atoms with Gasteiger partial charge in [0.05, 0.1) is 5.75 Å². The molecule has 0 spiro atoms. The van der Waals surface area contributed by atoms with Crippen molar-refractivity contribution < 1.29 is 8.42 Å². The third-order valence-corrected chi connectivity index (χ3v) is 2.86. The largest absolute Gasteiger partial charge is 0.229 e. The van der Waals surface area contributed by atoms with Crippen LogP contribution < -0.4 is 0 Å². The number of benzene rings is 1. The third kappa shape index (κ3) is 3.55. The molecule has 0 aliphatic carbocycles. The highest BCUT2D eigenvalue weighted by atomic mass is 35.5. The summed E-state index contributed by atoms with van der Waals surface area (Å²) in [6, 6.07) is 4.77. The van der Waals surface area contributed by atoms with E-state index in [1.165, 1.54) is 0 Å². The summed E-state index contributed by atoms with van der Waals surface area (Å²) in [7, 11) is -3.06. The van der Waals surface area contributed by atoms with Crippen LogP contribution in [-0.2, 0) is 15.6 Å². The molecule has 13 heavy (non-hydrogen) atoms. The smallest absolute Gasteiger partial charge is 0.151 e. The first-order chi connectivity index (χ1) is 5.88. The molecule has 0 heterocycles. The van der Waals surface area contributed by atoms with Gasteiger partial charge in [0.1, 0.15) is 0 Å². The molecule has 1 aromatic rings. The molecule has 1 aromatic carbocycles. The molecule has 0 bridgehead atoms. The predicted molar refractivity (Wildman–Crippen MR) is 55.0 cm³/mol. The Hall–Kier alpha value is -0.250. The van der Waals surface area contributed by atoms with Crippen LogP contribution in [0.4, 0.5) is 0 Å². The van der Waals surface area contributed by atoms with Gasteiger partial charge in [-0.15, -0.1) is 0 Å². The van der Waals surface area contributed by atoms with Crippen molar-refractivity contribution in [2.24, 2.45) is 0 Å². The van der Waals surface area contributed by atoms with Crippen molar-refractivity contribution in [3.8, 4) is 0 Å². The van der Waals surface area contributed by atoms with Crippen LogP contribution in [0.25, 0.3) is 0 Å². The van der Waals surface area contributed by atoms with Gasteiger partial charge in [0, 0.05) is 16.3 Å². The van der Waals surface area contributed by atoms with Crippen molar-refractivity contribution >= 4 is 33.0 Å². The maximum atomic E-state index is 11.0. The van der Waals surface area contributed by atoms with Gasteiger partial charge in [0.15, 0.2) is 9.84 Å². The van der Waals surface area contributed by atoms with Gasteiger partial charge in [-0.2, -0.15) is 0 Å². The summed E-state index contributed by atoms with van der Waals surface area (Å²) in [5, 5.41) is 0.915. The Morgan fingerprint density at radius 1 is 1.31 bits per heavy atom. The van der Waals surface area contributed by atoms with E-state index < -0.39 is 9.84 Å². The lowest BCUT2D eigenvalue weighted by Gasteiger charge is -2.02. The minimum atomic E-state index is -3.06. The summed E-state index contributed by atoms with van der Waals surface area (Å²) in [6.07, 6.45) is 1.16. The highest BCUT2D eigenvalue weighted by Gasteiger charge is 2.08. The molecule has 0 amide bonds. The number of hydrogen-bond acceptors (Lipinski definition) is 2. The molecule has 0 saturated carbocycles. The van der Waals surface area contributed by atoms with Crippen LogP contribution in [0.1, 0.15) is 5.56 Å². The molecule has 5 heteroatoms. The first-order valence-corrected chi connectivity index (χ1v) is 6.32. The molecular weight excluding hydrogens is 231 g/mol. The molecule has 0 radical (unpaired) electrons. The monoisotopic (exact) mass is 238 g/mol. The second-order valence-electron chi connectivity index (χ2n) is 2.81. The van der Waals surface area contributed by atoms with Crippen LogP contribution in [-0.4, -0.2) is 14.7 Å². The van der Waals surface area contributed by atoms with Gasteiger partial charge in [-0.3, -0.25) is 0 Å². The predicted octanol–water partition coefficient (Wildman–Crippen LogP) is 2.54. The lowest BCUT2D eigenvalue weighted by atomic mass is 10.2. The molecule has 72 valence electrons. The van der Waals surface area contributed by atoms with Gasteiger partial charge in [-0.05, 0) is 23.8 Å². The number of hydrogen-bond donors (Lipinski definition) is 0. The molecule has 0 N–H and O–H groups in total. The van der Waals surface area contributed by atoms with Gasteiger partial charge in [0.25, 0.3) is 0 Å². The number of halogens is 2. The fourth-order valence-corrected chi connectivity index (χ4v) is 2.20. The molecule has 0 atom stereocenters. The topological polar surface area (TPSA) is 34.1 Å². The second-order valence-corrected chi connectivity index (χ2v) is 5.79. The van der Waals surface area contributed by atoms with E-state index >= 15 is 0 Å². The molecule has 0 unspecified atom stereocenters. The molecule has 0 fully saturated rings. The van der Waals surface area contributed by atoms with Crippen molar-refractivity contribution in [1.29, 1.82) is 0 Å². The number of rotatable bonds is 2. The fourth-order valence-electron chi connectivity index (χ4n) is 0.936. The van der Waals surface area contributed by atoms with Crippen LogP contribution in [0.2, 0.25) is 10.0 Å². The van der Waals surface area contributed by atoms with Gasteiger partial charge >= 0.3 is 0 Å². The van der Waals surface area contributed by atoms with Gasteiger partial charge in [0.2, 0.25) is 0 Å². The lowest BCUT2D eigenvalue weighted by Crippen LogP contribution is -2.01. The highest BCUT2D eigenvalue weighted by molar-refractivity contribution is 7.89. The highest BCUT2D eigenvalue weighted by Crippen LogP contribution is 2.22. The molecule has 0 aliphatic heterocycles. The Labute approximate surface area is 87.4 Å². The summed E-state index contributed by atoms with van der Waals surface area (Å²) in [5.41, 5.74) is 0.539. The van der Waals surface area contributed by atoms with E-state index in [1.807, 2.05) is 0 Å². The normalized spacial score (nSPS) is 11.6. The van der Waals surface area contributed by atoms with Crippen LogP contribution in [0.5, 0.6) is 0 Å². The molecular formula is C8H8Cl2O2S. The standard InChI is InChI=1S/C8H8Cl2O2S/c1-13(11,12)5-6-4-7(9)2-3-8(6)10/h2-4H,5H2,1H3. The zero-order chi connectivity index (χ0) is 10.1. The summed E-state index contributed by atoms with van der Waals surface area (Å²) in [4.78, 5) is 0. The van der Waals surface area contributed by atoms with Crippen molar-refractivity contribution in [1.82, 2.24) is 0 Å². The van der Waals surface area contributed by atoms with E-state index in [0.29, 0.717) is 15.6 Å². The zero-order valence-electron chi connectivity index (χ0n) is 6.92. The van der Waals surface area contributed by atoms with Crippen LogP contribution in [0.3, 0.4) is 0 Å². The maximum Gasteiger partial charge on any atom is 0.151 e. The molecule has 0 aromatic heterocycles. The summed E-state index contributed by atoms with van der Waals surface area (Å²) in [5.74, 6) is -0.0770. The Kier molecular flexibility index (Phi) is 3.22. The van der Waals surface area contributed by atoms with Crippen LogP contribution >= 0.6 is 23.2 Å². The first-order valence-electron chi connectivity index (χ1n) is 3.50. The van der Waals surface area contributed by atoms with Crippen LogP contribution in [0, 0.1) is 0 Å². The molecule has 2 nitrogen and oxygen atoms in total. The van der Waals surface area contributed by atoms with E-state index in [1.54, 1.807) is 18.2 Å².